The first-order valence-corrected chi connectivity index (χ1v) is 6.92. The topological polar surface area (TPSA) is 76.1 Å². The van der Waals surface area contributed by atoms with E-state index < -0.39 is 18.1 Å². The SMILES string of the molecule is COc1ccccc1C1C(C(=O)O)OCC(=O)N1C1CC1. The van der Waals surface area contributed by atoms with Crippen LogP contribution in [0.1, 0.15) is 24.4 Å². The van der Waals surface area contributed by atoms with Crippen LogP contribution in [0.25, 0.3) is 0 Å². The van der Waals surface area contributed by atoms with Gasteiger partial charge in [-0.25, -0.2) is 4.79 Å². The van der Waals surface area contributed by atoms with Gasteiger partial charge in [0.25, 0.3) is 0 Å². The predicted molar refractivity (Wildman–Crippen MR) is 73.0 cm³/mol. The lowest BCUT2D eigenvalue weighted by Crippen LogP contribution is -2.52. The zero-order valence-corrected chi connectivity index (χ0v) is 11.7. The summed E-state index contributed by atoms with van der Waals surface area (Å²) in [4.78, 5) is 25.4. The maximum absolute atomic E-state index is 12.2. The third kappa shape index (κ3) is 2.47. The molecule has 1 N–H and O–H groups in total. The lowest BCUT2D eigenvalue weighted by atomic mass is 9.96. The van der Waals surface area contributed by atoms with E-state index in [-0.39, 0.29) is 18.6 Å². The number of methoxy groups -OCH3 is 1. The van der Waals surface area contributed by atoms with Crippen LogP contribution < -0.4 is 4.74 Å². The van der Waals surface area contributed by atoms with E-state index in [0.29, 0.717) is 11.3 Å². The second kappa shape index (κ2) is 5.37. The van der Waals surface area contributed by atoms with E-state index in [9.17, 15) is 14.7 Å². The van der Waals surface area contributed by atoms with Gasteiger partial charge in [-0.05, 0) is 18.9 Å². The quantitative estimate of drug-likeness (QED) is 0.902. The largest absolute Gasteiger partial charge is 0.496 e. The highest BCUT2D eigenvalue weighted by molar-refractivity contribution is 5.83. The van der Waals surface area contributed by atoms with E-state index in [0.717, 1.165) is 12.8 Å². The van der Waals surface area contributed by atoms with Crippen molar-refractivity contribution in [1.82, 2.24) is 4.90 Å². The van der Waals surface area contributed by atoms with E-state index in [1.807, 2.05) is 6.07 Å². The molecular formula is C15H17NO5. The Balaban J connectivity index is 2.06. The molecule has 3 rings (SSSR count). The van der Waals surface area contributed by atoms with Crippen LogP contribution in [0.2, 0.25) is 0 Å². The number of hydrogen-bond acceptors (Lipinski definition) is 4. The highest BCUT2D eigenvalue weighted by Gasteiger charge is 2.48. The number of morpholine rings is 1. The Kier molecular flexibility index (Phi) is 3.55. The van der Waals surface area contributed by atoms with Crippen LogP contribution in [0.15, 0.2) is 24.3 Å². The molecule has 112 valence electrons. The number of carboxylic acids is 1. The number of carbonyl (C=O) groups excluding carboxylic acids is 1. The number of amides is 1. The van der Waals surface area contributed by atoms with Crippen LogP contribution >= 0.6 is 0 Å². The molecule has 1 saturated heterocycles. The first-order valence-electron chi connectivity index (χ1n) is 6.92. The summed E-state index contributed by atoms with van der Waals surface area (Å²) >= 11 is 0. The smallest absolute Gasteiger partial charge is 0.335 e. The van der Waals surface area contributed by atoms with Gasteiger partial charge < -0.3 is 19.5 Å². The van der Waals surface area contributed by atoms with Gasteiger partial charge in [-0.2, -0.15) is 0 Å². The van der Waals surface area contributed by atoms with Crippen molar-refractivity contribution in [3.8, 4) is 5.75 Å². The maximum atomic E-state index is 12.2. The number of carbonyl (C=O) groups is 2. The molecule has 0 bridgehead atoms. The lowest BCUT2D eigenvalue weighted by molar-refractivity contribution is -0.174. The van der Waals surface area contributed by atoms with Crippen molar-refractivity contribution in [3.63, 3.8) is 0 Å². The van der Waals surface area contributed by atoms with Gasteiger partial charge in [-0.3, -0.25) is 4.79 Å². The second-order valence-corrected chi connectivity index (χ2v) is 5.29. The monoisotopic (exact) mass is 291 g/mol. The fraction of sp³-hybridized carbons (Fsp3) is 0.467. The van der Waals surface area contributed by atoms with Gasteiger partial charge in [0, 0.05) is 11.6 Å². The Hall–Kier alpha value is -2.08. The summed E-state index contributed by atoms with van der Waals surface area (Å²) in [5.41, 5.74) is 0.673. The maximum Gasteiger partial charge on any atom is 0.335 e. The summed E-state index contributed by atoms with van der Waals surface area (Å²) in [5.74, 6) is -0.660. The molecule has 21 heavy (non-hydrogen) atoms. The zero-order chi connectivity index (χ0) is 15.0. The van der Waals surface area contributed by atoms with Crippen molar-refractivity contribution in [2.75, 3.05) is 13.7 Å². The highest BCUT2D eigenvalue weighted by Crippen LogP contribution is 2.42. The molecule has 6 nitrogen and oxygen atoms in total. The summed E-state index contributed by atoms with van der Waals surface area (Å²) < 4.78 is 10.6. The molecule has 1 saturated carbocycles. The molecule has 1 aromatic rings. The number of aliphatic carboxylic acids is 1. The number of para-hydroxylation sites is 1. The predicted octanol–water partition coefficient (Wildman–Crippen LogP) is 1.21. The number of nitrogens with zero attached hydrogens (tertiary/aromatic N) is 1. The molecule has 0 radical (unpaired) electrons. The van der Waals surface area contributed by atoms with Crippen molar-refractivity contribution in [2.45, 2.75) is 31.0 Å². The van der Waals surface area contributed by atoms with Gasteiger partial charge >= 0.3 is 5.97 Å². The Morgan fingerprint density at radius 2 is 2.10 bits per heavy atom. The number of ether oxygens (including phenoxy) is 2. The Labute approximate surface area is 122 Å². The van der Waals surface area contributed by atoms with Crippen molar-refractivity contribution >= 4 is 11.9 Å². The van der Waals surface area contributed by atoms with Gasteiger partial charge in [-0.15, -0.1) is 0 Å². The number of hydrogen-bond donors (Lipinski definition) is 1. The molecule has 1 aliphatic carbocycles. The highest BCUT2D eigenvalue weighted by atomic mass is 16.5. The summed E-state index contributed by atoms with van der Waals surface area (Å²) in [6, 6.07) is 6.63. The van der Waals surface area contributed by atoms with E-state index >= 15 is 0 Å². The van der Waals surface area contributed by atoms with Crippen molar-refractivity contribution in [3.05, 3.63) is 29.8 Å². The van der Waals surface area contributed by atoms with E-state index in [1.165, 1.54) is 7.11 Å². The van der Waals surface area contributed by atoms with Crippen molar-refractivity contribution in [2.24, 2.45) is 0 Å². The summed E-state index contributed by atoms with van der Waals surface area (Å²) in [6.45, 7) is -0.181. The van der Waals surface area contributed by atoms with Crippen molar-refractivity contribution in [1.29, 1.82) is 0 Å². The summed E-state index contributed by atoms with van der Waals surface area (Å²) in [7, 11) is 1.53. The third-order valence-corrected chi connectivity index (χ3v) is 3.90. The zero-order valence-electron chi connectivity index (χ0n) is 11.7. The Morgan fingerprint density at radius 1 is 1.38 bits per heavy atom. The molecule has 1 aromatic carbocycles. The molecule has 2 atom stereocenters. The summed E-state index contributed by atoms with van der Waals surface area (Å²) in [6.07, 6.45) is 0.743. The lowest BCUT2D eigenvalue weighted by Gasteiger charge is -2.40. The summed E-state index contributed by atoms with van der Waals surface area (Å²) in [5, 5.41) is 9.44. The third-order valence-electron chi connectivity index (χ3n) is 3.90. The number of benzene rings is 1. The first kappa shape index (κ1) is 13.9. The average Bonchev–Trinajstić information content (AvgIpc) is 3.31. The molecule has 0 spiro atoms. The molecule has 1 amide bonds. The van der Waals surface area contributed by atoms with Crippen LogP contribution in [0, 0.1) is 0 Å². The average molecular weight is 291 g/mol. The van der Waals surface area contributed by atoms with Crippen LogP contribution in [0.3, 0.4) is 0 Å². The molecule has 6 heteroatoms. The standard InChI is InChI=1S/C15H17NO5/c1-20-11-5-3-2-4-10(11)13-14(15(18)19)21-8-12(17)16(13)9-6-7-9/h2-5,9,13-14H,6-8H2,1H3,(H,18,19). The Morgan fingerprint density at radius 3 is 2.71 bits per heavy atom. The number of carboxylic acid groups (broad SMARTS) is 1. The molecule has 2 aliphatic rings. The Bertz CT molecular complexity index is 569. The van der Waals surface area contributed by atoms with Gasteiger partial charge in [0.1, 0.15) is 12.4 Å². The van der Waals surface area contributed by atoms with Crippen molar-refractivity contribution < 1.29 is 24.2 Å². The fourth-order valence-corrected chi connectivity index (χ4v) is 2.84. The van der Waals surface area contributed by atoms with Gasteiger partial charge in [0.15, 0.2) is 6.10 Å². The van der Waals surface area contributed by atoms with Crippen LogP contribution in [0.4, 0.5) is 0 Å². The number of rotatable bonds is 4. The molecule has 2 fully saturated rings. The normalized spacial score (nSPS) is 25.8. The molecular weight excluding hydrogens is 274 g/mol. The van der Waals surface area contributed by atoms with Crippen LogP contribution in [-0.4, -0.2) is 47.7 Å². The minimum atomic E-state index is -1.07. The first-order chi connectivity index (χ1) is 10.1. The van der Waals surface area contributed by atoms with Gasteiger partial charge in [0.2, 0.25) is 5.91 Å². The molecule has 1 heterocycles. The second-order valence-electron chi connectivity index (χ2n) is 5.29. The molecule has 0 aromatic heterocycles. The van der Waals surface area contributed by atoms with Gasteiger partial charge in [-0.1, -0.05) is 18.2 Å². The minimum Gasteiger partial charge on any atom is -0.496 e. The molecule has 2 unspecified atom stereocenters. The van der Waals surface area contributed by atoms with Gasteiger partial charge in [0.05, 0.1) is 13.2 Å². The van der Waals surface area contributed by atoms with Crippen LogP contribution in [0.5, 0.6) is 5.75 Å². The van der Waals surface area contributed by atoms with E-state index in [2.05, 4.69) is 0 Å². The fourth-order valence-electron chi connectivity index (χ4n) is 2.84. The van der Waals surface area contributed by atoms with Crippen LogP contribution in [-0.2, 0) is 14.3 Å². The molecule has 1 aliphatic heterocycles. The van der Waals surface area contributed by atoms with E-state index in [4.69, 9.17) is 9.47 Å². The van der Waals surface area contributed by atoms with E-state index in [1.54, 1.807) is 23.1 Å². The minimum absolute atomic E-state index is 0.109.